The summed E-state index contributed by atoms with van der Waals surface area (Å²) in [6, 6.07) is 8.84. The molecule has 2 aromatic rings. The second-order valence-electron chi connectivity index (χ2n) is 6.36. The number of carbonyl (C=O) groups is 1. The van der Waals surface area contributed by atoms with Gasteiger partial charge in [0, 0.05) is 22.2 Å². The highest BCUT2D eigenvalue weighted by molar-refractivity contribution is 7.98. The minimum Gasteiger partial charge on any atom is -0.444 e. The summed E-state index contributed by atoms with van der Waals surface area (Å²) in [6.45, 7) is 7.60. The molecular weight excluding hydrogens is 314 g/mol. The van der Waals surface area contributed by atoms with Crippen LogP contribution in [0.5, 0.6) is 0 Å². The van der Waals surface area contributed by atoms with Crippen LogP contribution in [0.1, 0.15) is 33.3 Å². The van der Waals surface area contributed by atoms with Gasteiger partial charge < -0.3 is 10.1 Å². The Morgan fingerprint density at radius 2 is 2.14 bits per heavy atom. The first-order chi connectivity index (χ1) is 10.3. The number of alkyl carbamates (subject to hydrolysis) is 1. The summed E-state index contributed by atoms with van der Waals surface area (Å²) in [6.07, 6.45) is -0.347. The number of thiophene rings is 1. The van der Waals surface area contributed by atoms with E-state index in [1.165, 1.54) is 15.6 Å². The fourth-order valence-electron chi connectivity index (χ4n) is 2.01. The van der Waals surface area contributed by atoms with Gasteiger partial charge in [-0.3, -0.25) is 0 Å². The molecule has 1 N–H and O–H groups in total. The summed E-state index contributed by atoms with van der Waals surface area (Å²) >= 11 is 3.59. The molecule has 0 saturated carbocycles. The van der Waals surface area contributed by atoms with Gasteiger partial charge in [0.1, 0.15) is 5.60 Å². The van der Waals surface area contributed by atoms with Crippen LogP contribution in [0.3, 0.4) is 0 Å². The molecule has 1 atom stereocenters. The highest BCUT2D eigenvalue weighted by atomic mass is 32.2. The van der Waals surface area contributed by atoms with E-state index in [1.54, 1.807) is 11.3 Å². The second-order valence-corrected chi connectivity index (χ2v) is 8.33. The van der Waals surface area contributed by atoms with Crippen LogP contribution in [-0.4, -0.2) is 23.5 Å². The van der Waals surface area contributed by atoms with Gasteiger partial charge in [-0.05, 0) is 62.2 Å². The molecule has 0 fully saturated rings. The number of benzene rings is 1. The van der Waals surface area contributed by atoms with Crippen molar-refractivity contribution in [2.75, 3.05) is 5.75 Å². The van der Waals surface area contributed by atoms with Crippen LogP contribution in [0.2, 0.25) is 0 Å². The molecule has 1 aromatic carbocycles. The van der Waals surface area contributed by atoms with E-state index in [9.17, 15) is 4.79 Å². The Labute approximate surface area is 140 Å². The molecule has 0 aliphatic rings. The third-order valence-electron chi connectivity index (χ3n) is 2.92. The van der Waals surface area contributed by atoms with E-state index in [2.05, 4.69) is 35.0 Å². The van der Waals surface area contributed by atoms with E-state index in [0.29, 0.717) is 0 Å². The first-order valence-electron chi connectivity index (χ1n) is 7.37. The van der Waals surface area contributed by atoms with Gasteiger partial charge in [0.05, 0.1) is 0 Å². The lowest BCUT2D eigenvalue weighted by Gasteiger charge is -2.21. The van der Waals surface area contributed by atoms with Gasteiger partial charge in [-0.2, -0.15) is 11.8 Å². The van der Waals surface area contributed by atoms with Crippen molar-refractivity contribution in [2.24, 2.45) is 0 Å². The van der Waals surface area contributed by atoms with Crippen LogP contribution < -0.4 is 5.32 Å². The average Bonchev–Trinajstić information content (AvgIpc) is 2.83. The van der Waals surface area contributed by atoms with Crippen molar-refractivity contribution in [1.29, 1.82) is 0 Å². The highest BCUT2D eigenvalue weighted by Gasteiger charge is 2.17. The van der Waals surface area contributed by atoms with Gasteiger partial charge in [0.15, 0.2) is 0 Å². The van der Waals surface area contributed by atoms with Crippen molar-refractivity contribution in [3.05, 3.63) is 35.2 Å². The molecule has 0 saturated heterocycles. The first kappa shape index (κ1) is 17.2. The topological polar surface area (TPSA) is 38.3 Å². The van der Waals surface area contributed by atoms with Crippen LogP contribution in [-0.2, 0) is 10.5 Å². The summed E-state index contributed by atoms with van der Waals surface area (Å²) < 4.78 is 6.58. The van der Waals surface area contributed by atoms with Crippen molar-refractivity contribution in [3.63, 3.8) is 0 Å². The van der Waals surface area contributed by atoms with Crippen molar-refractivity contribution in [2.45, 2.75) is 45.1 Å². The van der Waals surface area contributed by atoms with E-state index in [-0.39, 0.29) is 12.1 Å². The zero-order valence-corrected chi connectivity index (χ0v) is 15.1. The smallest absolute Gasteiger partial charge is 0.407 e. The molecule has 0 bridgehead atoms. The molecule has 0 aliphatic heterocycles. The summed E-state index contributed by atoms with van der Waals surface area (Å²) in [5, 5.41) is 6.30. The minimum atomic E-state index is -0.451. The molecule has 0 aliphatic carbocycles. The largest absolute Gasteiger partial charge is 0.444 e. The maximum Gasteiger partial charge on any atom is 0.407 e. The number of nitrogens with one attached hydrogen (secondary N) is 1. The number of carbonyl (C=O) groups excluding carboxylic acids is 1. The third kappa shape index (κ3) is 5.54. The van der Waals surface area contributed by atoms with E-state index >= 15 is 0 Å². The Morgan fingerprint density at radius 3 is 2.86 bits per heavy atom. The number of hydrogen-bond donors (Lipinski definition) is 1. The highest BCUT2D eigenvalue weighted by Crippen LogP contribution is 2.24. The molecular formula is C17H23NO2S2. The molecule has 5 heteroatoms. The van der Waals surface area contributed by atoms with Crippen LogP contribution in [0, 0.1) is 0 Å². The summed E-state index contributed by atoms with van der Waals surface area (Å²) in [5.74, 6) is 1.81. The maximum atomic E-state index is 11.7. The van der Waals surface area contributed by atoms with Crippen LogP contribution in [0.4, 0.5) is 4.79 Å². The molecule has 3 nitrogen and oxygen atoms in total. The Hall–Kier alpha value is -1.20. The quantitative estimate of drug-likeness (QED) is 0.830. The van der Waals surface area contributed by atoms with Crippen molar-refractivity contribution in [1.82, 2.24) is 5.32 Å². The third-order valence-corrected chi connectivity index (χ3v) is 5.09. The van der Waals surface area contributed by atoms with Crippen LogP contribution in [0.25, 0.3) is 10.1 Å². The molecule has 1 heterocycles. The van der Waals surface area contributed by atoms with Gasteiger partial charge in [-0.15, -0.1) is 11.3 Å². The Morgan fingerprint density at radius 1 is 1.36 bits per heavy atom. The normalized spacial score (nSPS) is 13.1. The number of amides is 1. The molecule has 0 radical (unpaired) electrons. The van der Waals surface area contributed by atoms with E-state index in [4.69, 9.17) is 4.74 Å². The average molecular weight is 338 g/mol. The molecule has 120 valence electrons. The van der Waals surface area contributed by atoms with Crippen LogP contribution in [0.15, 0.2) is 29.6 Å². The Balaban J connectivity index is 1.74. The number of hydrogen-bond acceptors (Lipinski definition) is 4. The lowest BCUT2D eigenvalue weighted by Crippen LogP contribution is -2.38. The van der Waals surface area contributed by atoms with Gasteiger partial charge >= 0.3 is 6.09 Å². The molecule has 1 amide bonds. The number of fused-ring (bicyclic) bond motifs is 1. The number of thioether (sulfide) groups is 1. The predicted octanol–water partition coefficient (Wildman–Crippen LogP) is 5.05. The number of rotatable bonds is 5. The molecule has 1 aromatic heterocycles. The molecule has 22 heavy (non-hydrogen) atoms. The van der Waals surface area contributed by atoms with Gasteiger partial charge in [-0.1, -0.05) is 6.07 Å². The monoisotopic (exact) mass is 337 g/mol. The first-order valence-corrected chi connectivity index (χ1v) is 9.40. The lowest BCUT2D eigenvalue weighted by molar-refractivity contribution is 0.0513. The van der Waals surface area contributed by atoms with Gasteiger partial charge in [0.25, 0.3) is 0 Å². The summed E-state index contributed by atoms with van der Waals surface area (Å²) in [7, 11) is 0. The van der Waals surface area contributed by atoms with Crippen molar-refractivity contribution < 1.29 is 9.53 Å². The summed E-state index contributed by atoms with van der Waals surface area (Å²) in [4.78, 5) is 11.7. The zero-order valence-electron chi connectivity index (χ0n) is 13.5. The Kier molecular flexibility index (Phi) is 5.75. The Bertz CT molecular complexity index is 631. The molecule has 0 unspecified atom stereocenters. The molecule has 2 rings (SSSR count). The second kappa shape index (κ2) is 7.38. The van der Waals surface area contributed by atoms with E-state index < -0.39 is 5.60 Å². The van der Waals surface area contributed by atoms with Crippen LogP contribution >= 0.6 is 23.1 Å². The number of ether oxygens (including phenoxy) is 1. The van der Waals surface area contributed by atoms with Gasteiger partial charge in [-0.25, -0.2) is 4.79 Å². The van der Waals surface area contributed by atoms with Crippen molar-refractivity contribution in [3.8, 4) is 0 Å². The maximum absolute atomic E-state index is 11.7. The molecule has 0 spiro atoms. The van der Waals surface area contributed by atoms with Gasteiger partial charge in [0.2, 0.25) is 0 Å². The zero-order chi connectivity index (χ0) is 16.2. The SMILES string of the molecule is C[C@@H](CSCc1ccc2sccc2c1)NC(=O)OC(C)(C)C. The van der Waals surface area contributed by atoms with Crippen molar-refractivity contribution >= 4 is 39.3 Å². The predicted molar refractivity (Wildman–Crippen MR) is 96.8 cm³/mol. The van der Waals surface area contributed by atoms with E-state index in [0.717, 1.165) is 11.5 Å². The summed E-state index contributed by atoms with van der Waals surface area (Å²) in [5.41, 5.74) is 0.868. The minimum absolute atomic E-state index is 0.0877. The standard InChI is InChI=1S/C17H23NO2S2/c1-12(18-16(19)20-17(2,3)4)10-21-11-13-5-6-15-14(9-13)7-8-22-15/h5-9,12H,10-11H2,1-4H3,(H,18,19)/t12-/m0/s1. The van der Waals surface area contributed by atoms with E-state index in [1.807, 2.05) is 39.5 Å². The lowest BCUT2D eigenvalue weighted by atomic mass is 10.2. The fraction of sp³-hybridized carbons (Fsp3) is 0.471. The fourth-order valence-corrected chi connectivity index (χ4v) is 3.75.